The molecular formula is C46H63F2N9O4. The van der Waals surface area contributed by atoms with Gasteiger partial charge in [0.15, 0.2) is 5.82 Å². The van der Waals surface area contributed by atoms with Crippen LogP contribution in [0, 0.1) is 17.6 Å². The molecule has 5 N–H and O–H groups in total. The van der Waals surface area contributed by atoms with E-state index in [1.54, 1.807) is 40.1 Å². The lowest BCUT2D eigenvalue weighted by Crippen LogP contribution is -2.56. The molecular weight excluding hydrogens is 781 g/mol. The van der Waals surface area contributed by atoms with Crippen LogP contribution in [0.3, 0.4) is 0 Å². The maximum Gasteiger partial charge on any atom is 0.245 e. The SMILES string of the molecule is CCCC(NC(=O)C(C)NC)C(=O)N1CCCC1Cn1c(-c2[nH]c3cc(F)ccc3c2CC2CCCN2C(=O)C(NC(=O)C(C)NC)C2CCCCC2)nc2cc(F)ccc21. The van der Waals surface area contributed by atoms with Crippen LogP contribution in [0.4, 0.5) is 8.78 Å². The number of amides is 4. The molecule has 330 valence electrons. The van der Waals surface area contributed by atoms with Crippen molar-refractivity contribution in [3.63, 3.8) is 0 Å². The number of imidazole rings is 1. The van der Waals surface area contributed by atoms with Crippen LogP contribution >= 0.6 is 0 Å². The monoisotopic (exact) mass is 843 g/mol. The molecule has 6 unspecified atom stereocenters. The number of nitrogens with zero attached hydrogens (tertiary/aromatic N) is 4. The highest BCUT2D eigenvalue weighted by Crippen LogP contribution is 2.37. The van der Waals surface area contributed by atoms with E-state index in [-0.39, 0.29) is 41.6 Å². The molecule has 13 nitrogen and oxygen atoms in total. The number of carbonyl (C=O) groups is 4. The molecule has 2 aromatic carbocycles. The molecule has 2 saturated heterocycles. The van der Waals surface area contributed by atoms with Crippen LogP contribution in [0.1, 0.15) is 97.0 Å². The number of carbonyl (C=O) groups excluding carboxylic acids is 4. The Morgan fingerprint density at radius 1 is 0.803 bits per heavy atom. The first-order chi connectivity index (χ1) is 29.4. The van der Waals surface area contributed by atoms with Crippen molar-refractivity contribution >= 4 is 45.6 Å². The Labute approximate surface area is 357 Å². The first-order valence-electron chi connectivity index (χ1n) is 22.4. The number of hydrogen-bond acceptors (Lipinski definition) is 7. The van der Waals surface area contributed by atoms with E-state index in [1.807, 2.05) is 21.3 Å². The van der Waals surface area contributed by atoms with Gasteiger partial charge in [0, 0.05) is 48.7 Å². The van der Waals surface area contributed by atoms with Gasteiger partial charge in [0.2, 0.25) is 23.6 Å². The van der Waals surface area contributed by atoms with Gasteiger partial charge in [0.25, 0.3) is 0 Å². The van der Waals surface area contributed by atoms with Crippen molar-refractivity contribution in [2.24, 2.45) is 5.92 Å². The van der Waals surface area contributed by atoms with E-state index in [1.165, 1.54) is 24.3 Å². The van der Waals surface area contributed by atoms with Gasteiger partial charge in [-0.05, 0) is 121 Å². The Balaban J connectivity index is 1.24. The molecule has 4 heterocycles. The third-order valence-electron chi connectivity index (χ3n) is 13.5. The average Bonchev–Trinajstić information content (AvgIpc) is 4.07. The number of halogens is 2. The molecule has 0 bridgehead atoms. The summed E-state index contributed by atoms with van der Waals surface area (Å²) in [4.78, 5) is 67.5. The molecule has 61 heavy (non-hydrogen) atoms. The molecule has 6 atom stereocenters. The molecule has 0 spiro atoms. The zero-order valence-corrected chi connectivity index (χ0v) is 36.3. The fourth-order valence-corrected chi connectivity index (χ4v) is 9.82. The van der Waals surface area contributed by atoms with Gasteiger partial charge in [-0.15, -0.1) is 0 Å². The van der Waals surface area contributed by atoms with Gasteiger partial charge in [0.1, 0.15) is 23.7 Å². The maximum absolute atomic E-state index is 14.9. The minimum atomic E-state index is -0.674. The van der Waals surface area contributed by atoms with Gasteiger partial charge in [0.05, 0.1) is 28.8 Å². The number of rotatable bonds is 16. The van der Waals surface area contributed by atoms with E-state index in [9.17, 15) is 28.0 Å². The maximum atomic E-state index is 14.9. The summed E-state index contributed by atoms with van der Waals surface area (Å²) in [5, 5.41) is 12.8. The first kappa shape index (κ1) is 44.2. The Kier molecular flexibility index (Phi) is 14.1. The third kappa shape index (κ3) is 9.47. The third-order valence-corrected chi connectivity index (χ3v) is 13.5. The number of fused-ring (bicyclic) bond motifs is 2. The molecule has 7 rings (SSSR count). The summed E-state index contributed by atoms with van der Waals surface area (Å²) in [5.74, 6) is -0.892. The normalized spacial score (nSPS) is 20.6. The van der Waals surface area contributed by atoms with Crippen LogP contribution in [0.15, 0.2) is 36.4 Å². The van der Waals surface area contributed by atoms with E-state index >= 15 is 0 Å². The van der Waals surface area contributed by atoms with Crippen molar-refractivity contribution in [3.8, 4) is 11.5 Å². The minimum absolute atomic E-state index is 0.0508. The standard InChI is InChI=1S/C46H63F2N9O4/c1-6-12-36(53-43(58)27(2)49-4)45(60)56-22-11-16-33(56)26-57-39-20-18-31(48)24-38(39)52-42(57)41-35(34-19-17-30(47)23-37(34)51-41)25-32-15-10-21-55(32)46(61)40(29-13-8-7-9-14-29)54-44(59)28(3)50-5/h17-20,23-24,27-29,32-33,36,40,49-51H,6-16,21-22,25-26H2,1-5H3,(H,53,58)(H,54,59). The predicted molar refractivity (Wildman–Crippen MR) is 233 cm³/mol. The Hall–Kier alpha value is -4.89. The molecule has 1 saturated carbocycles. The van der Waals surface area contributed by atoms with Crippen LogP contribution in [-0.2, 0) is 32.1 Å². The van der Waals surface area contributed by atoms with Gasteiger partial charge in [-0.3, -0.25) is 19.2 Å². The Bertz CT molecular complexity index is 2220. The number of hydrogen-bond donors (Lipinski definition) is 5. The van der Waals surface area contributed by atoms with Crippen molar-refractivity contribution in [3.05, 3.63) is 53.6 Å². The van der Waals surface area contributed by atoms with Gasteiger partial charge >= 0.3 is 0 Å². The van der Waals surface area contributed by atoms with Crippen LogP contribution in [-0.4, -0.2) is 111 Å². The lowest BCUT2D eigenvalue weighted by Gasteiger charge is -2.35. The van der Waals surface area contributed by atoms with E-state index in [2.05, 4.69) is 26.3 Å². The molecule has 0 radical (unpaired) electrons. The molecule has 3 fully saturated rings. The van der Waals surface area contributed by atoms with Crippen molar-refractivity contribution < 1.29 is 28.0 Å². The molecule has 15 heteroatoms. The van der Waals surface area contributed by atoms with Gasteiger partial charge in [-0.1, -0.05) is 32.6 Å². The number of aromatic amines is 1. The smallest absolute Gasteiger partial charge is 0.245 e. The fraction of sp³-hybridized carbons (Fsp3) is 0.587. The molecule has 2 aliphatic heterocycles. The van der Waals surface area contributed by atoms with Crippen molar-refractivity contribution in [1.82, 2.24) is 45.6 Å². The quantitative estimate of drug-likeness (QED) is 0.0991. The second kappa shape index (κ2) is 19.4. The van der Waals surface area contributed by atoms with E-state index < -0.39 is 35.8 Å². The van der Waals surface area contributed by atoms with Gasteiger partial charge in [-0.2, -0.15) is 0 Å². The first-order valence-corrected chi connectivity index (χ1v) is 22.4. The zero-order valence-electron chi connectivity index (χ0n) is 36.3. The van der Waals surface area contributed by atoms with E-state index in [0.717, 1.165) is 68.7 Å². The topological polar surface area (TPSA) is 156 Å². The summed E-state index contributed by atoms with van der Waals surface area (Å²) >= 11 is 0. The lowest BCUT2D eigenvalue weighted by atomic mass is 9.83. The summed E-state index contributed by atoms with van der Waals surface area (Å²) in [6, 6.07) is 6.50. The number of likely N-dealkylation sites (N-methyl/N-ethyl adjacent to an activating group) is 2. The van der Waals surface area contributed by atoms with E-state index in [4.69, 9.17) is 4.98 Å². The van der Waals surface area contributed by atoms with Gasteiger partial charge in [-0.25, -0.2) is 13.8 Å². The summed E-state index contributed by atoms with van der Waals surface area (Å²) in [5.41, 5.74) is 3.21. The molecule has 2 aromatic heterocycles. The largest absolute Gasteiger partial charge is 0.352 e. The van der Waals surface area contributed by atoms with Crippen molar-refractivity contribution in [1.29, 1.82) is 0 Å². The minimum Gasteiger partial charge on any atom is -0.352 e. The highest BCUT2D eigenvalue weighted by molar-refractivity contribution is 5.93. The van der Waals surface area contributed by atoms with Crippen LogP contribution in [0.25, 0.3) is 33.5 Å². The highest BCUT2D eigenvalue weighted by Gasteiger charge is 2.40. The molecule has 4 amide bonds. The average molecular weight is 844 g/mol. The summed E-state index contributed by atoms with van der Waals surface area (Å²) in [6.45, 7) is 6.99. The van der Waals surface area contributed by atoms with Crippen LogP contribution in [0.2, 0.25) is 0 Å². The van der Waals surface area contributed by atoms with Crippen LogP contribution in [0.5, 0.6) is 0 Å². The predicted octanol–water partition coefficient (Wildman–Crippen LogP) is 5.55. The zero-order chi connectivity index (χ0) is 43.4. The van der Waals surface area contributed by atoms with Crippen LogP contribution < -0.4 is 21.3 Å². The Morgan fingerprint density at radius 3 is 2.13 bits per heavy atom. The number of aromatic nitrogens is 3. The summed E-state index contributed by atoms with van der Waals surface area (Å²) in [6.07, 6.45) is 9.64. The van der Waals surface area contributed by atoms with Crippen molar-refractivity contribution in [2.75, 3.05) is 27.2 Å². The number of nitrogens with one attached hydrogen (secondary N) is 5. The molecule has 1 aliphatic carbocycles. The van der Waals surface area contributed by atoms with E-state index in [0.29, 0.717) is 67.0 Å². The summed E-state index contributed by atoms with van der Waals surface area (Å²) in [7, 11) is 3.44. The lowest BCUT2D eigenvalue weighted by molar-refractivity contribution is -0.139. The molecule has 3 aliphatic rings. The summed E-state index contributed by atoms with van der Waals surface area (Å²) < 4.78 is 31.8. The fourth-order valence-electron chi connectivity index (χ4n) is 9.82. The molecule has 4 aromatic rings. The number of likely N-dealkylation sites (tertiary alicyclic amines) is 2. The van der Waals surface area contributed by atoms with Gasteiger partial charge < -0.3 is 40.6 Å². The second-order valence-electron chi connectivity index (χ2n) is 17.5. The van der Waals surface area contributed by atoms with Crippen molar-refractivity contribution in [2.45, 2.75) is 141 Å². The highest BCUT2D eigenvalue weighted by atomic mass is 19.1. The Morgan fingerprint density at radius 2 is 1.44 bits per heavy atom. The second-order valence-corrected chi connectivity index (χ2v) is 17.5. The number of H-pyrrole nitrogens is 1. The number of benzene rings is 2.